The maximum absolute atomic E-state index is 16.2. The van der Waals surface area contributed by atoms with Gasteiger partial charge in [-0.1, -0.05) is 12.0 Å². The number of halogens is 3. The van der Waals surface area contributed by atoms with E-state index < -0.39 is 28.9 Å². The molecule has 2 aromatic heterocycles. The SMILES string of the molecule is C#Cc1c(F)ccc2cc(OCOC)cc(-c3ncc4c(=O)[nH]c(OC[C@@]56CCCN5C[C@H](F)C6)nc4c3F)c12. The molecule has 0 spiro atoms. The molecule has 8 nitrogen and oxygen atoms in total. The monoisotopic (exact) mass is 550 g/mol. The van der Waals surface area contributed by atoms with E-state index in [1.807, 2.05) is 0 Å². The quantitative estimate of drug-likeness (QED) is 0.271. The smallest absolute Gasteiger partial charge is 0.297 e. The van der Waals surface area contributed by atoms with E-state index in [9.17, 15) is 13.6 Å². The van der Waals surface area contributed by atoms with E-state index in [4.69, 9.17) is 20.6 Å². The molecule has 0 bridgehead atoms. The number of hydrogen-bond donors (Lipinski definition) is 1. The van der Waals surface area contributed by atoms with Gasteiger partial charge in [-0.15, -0.1) is 6.42 Å². The molecule has 0 aliphatic carbocycles. The van der Waals surface area contributed by atoms with Gasteiger partial charge < -0.3 is 14.2 Å². The van der Waals surface area contributed by atoms with Crippen molar-refractivity contribution in [2.45, 2.75) is 31.0 Å². The van der Waals surface area contributed by atoms with Crippen molar-refractivity contribution in [3.63, 3.8) is 0 Å². The number of methoxy groups -OCH3 is 1. The number of pyridine rings is 1. The third kappa shape index (κ3) is 4.33. The Morgan fingerprint density at radius 1 is 1.27 bits per heavy atom. The predicted molar refractivity (Wildman–Crippen MR) is 142 cm³/mol. The van der Waals surface area contributed by atoms with Crippen LogP contribution in [0.2, 0.25) is 0 Å². The summed E-state index contributed by atoms with van der Waals surface area (Å²) in [4.78, 5) is 25.9. The van der Waals surface area contributed by atoms with Gasteiger partial charge in [-0.25, -0.2) is 13.2 Å². The minimum atomic E-state index is -0.949. The van der Waals surface area contributed by atoms with Crippen molar-refractivity contribution in [1.29, 1.82) is 0 Å². The third-order valence-electron chi connectivity index (χ3n) is 7.69. The van der Waals surface area contributed by atoms with E-state index in [1.54, 1.807) is 6.07 Å². The van der Waals surface area contributed by atoms with Crippen molar-refractivity contribution in [1.82, 2.24) is 19.9 Å². The number of benzene rings is 2. The average molecular weight is 551 g/mol. The molecule has 2 aliphatic rings. The number of terminal acetylenes is 1. The van der Waals surface area contributed by atoms with Crippen LogP contribution in [0.25, 0.3) is 32.9 Å². The number of fused-ring (bicyclic) bond motifs is 3. The Hall–Kier alpha value is -4.14. The van der Waals surface area contributed by atoms with Crippen LogP contribution in [-0.2, 0) is 4.74 Å². The van der Waals surface area contributed by atoms with E-state index in [2.05, 4.69) is 25.8 Å². The van der Waals surface area contributed by atoms with Gasteiger partial charge in [-0.2, -0.15) is 4.98 Å². The highest BCUT2D eigenvalue weighted by Gasteiger charge is 2.49. The first-order valence-corrected chi connectivity index (χ1v) is 12.8. The van der Waals surface area contributed by atoms with Gasteiger partial charge in [-0.3, -0.25) is 19.7 Å². The Morgan fingerprint density at radius 2 is 2.12 bits per heavy atom. The van der Waals surface area contributed by atoms with Crippen LogP contribution in [0.15, 0.2) is 35.3 Å². The summed E-state index contributed by atoms with van der Waals surface area (Å²) in [5.41, 5.74) is -1.53. The Bertz CT molecular complexity index is 1740. The maximum Gasteiger partial charge on any atom is 0.297 e. The summed E-state index contributed by atoms with van der Waals surface area (Å²) in [6, 6.07) is 5.64. The van der Waals surface area contributed by atoms with Crippen LogP contribution in [0.1, 0.15) is 24.8 Å². The molecular formula is C29H25F3N4O4. The molecule has 0 amide bonds. The molecule has 2 atom stereocenters. The van der Waals surface area contributed by atoms with Crippen LogP contribution >= 0.6 is 0 Å². The van der Waals surface area contributed by atoms with Crippen LogP contribution in [0, 0.1) is 24.0 Å². The van der Waals surface area contributed by atoms with E-state index in [0.29, 0.717) is 24.1 Å². The molecule has 0 radical (unpaired) electrons. The highest BCUT2D eigenvalue weighted by molar-refractivity contribution is 6.02. The van der Waals surface area contributed by atoms with Crippen molar-refractivity contribution in [2.24, 2.45) is 0 Å². The first-order chi connectivity index (χ1) is 19.3. The fourth-order valence-electron chi connectivity index (χ4n) is 5.91. The highest BCUT2D eigenvalue weighted by atomic mass is 19.1. The lowest BCUT2D eigenvalue weighted by molar-refractivity contribution is 0.0512. The zero-order chi connectivity index (χ0) is 28.0. The highest BCUT2D eigenvalue weighted by Crippen LogP contribution is 2.41. The molecule has 11 heteroatoms. The van der Waals surface area contributed by atoms with Gasteiger partial charge in [0.15, 0.2) is 12.6 Å². The fourth-order valence-corrected chi connectivity index (χ4v) is 5.91. The van der Waals surface area contributed by atoms with Gasteiger partial charge in [0.05, 0.1) is 16.5 Å². The molecule has 206 valence electrons. The van der Waals surface area contributed by atoms with Gasteiger partial charge in [0.25, 0.3) is 11.6 Å². The van der Waals surface area contributed by atoms with Crippen molar-refractivity contribution < 1.29 is 27.4 Å². The summed E-state index contributed by atoms with van der Waals surface area (Å²) < 4.78 is 61.4. The lowest BCUT2D eigenvalue weighted by atomic mass is 9.95. The molecular weight excluding hydrogens is 525 g/mol. The molecule has 2 aromatic carbocycles. The lowest BCUT2D eigenvalue weighted by Gasteiger charge is -2.30. The first kappa shape index (κ1) is 26.1. The fraction of sp³-hybridized carbons (Fsp3) is 0.345. The Balaban J connectivity index is 1.46. The van der Waals surface area contributed by atoms with Crippen LogP contribution < -0.4 is 15.0 Å². The second kappa shape index (κ2) is 10.1. The van der Waals surface area contributed by atoms with Gasteiger partial charge in [0.2, 0.25) is 0 Å². The Morgan fingerprint density at radius 3 is 2.92 bits per heavy atom. The number of aromatic amines is 1. The third-order valence-corrected chi connectivity index (χ3v) is 7.69. The number of nitrogens with one attached hydrogen (secondary N) is 1. The standard InChI is InChI=1S/C29H25F3N4O4/c1-3-19-22(31)6-5-16-9-18(40-15-38-2)10-20(23(16)19)25-24(32)26-21(12-33-25)27(37)35-28(34-26)39-14-29-7-4-8-36(29)13-17(30)11-29/h1,5-6,9-10,12,17H,4,7-8,11,13-15H2,2H3,(H,34,35,37)/t17-,29+/m1/s1. The van der Waals surface area contributed by atoms with Crippen molar-refractivity contribution in [3.05, 3.63) is 58.0 Å². The summed E-state index contributed by atoms with van der Waals surface area (Å²) in [5, 5.41) is 0.644. The summed E-state index contributed by atoms with van der Waals surface area (Å²) in [6.45, 7) is 1.14. The molecule has 40 heavy (non-hydrogen) atoms. The lowest BCUT2D eigenvalue weighted by Crippen LogP contribution is -2.43. The van der Waals surface area contributed by atoms with Crippen LogP contribution in [-0.4, -0.2) is 65.2 Å². The van der Waals surface area contributed by atoms with Gasteiger partial charge >= 0.3 is 0 Å². The van der Waals surface area contributed by atoms with Crippen molar-refractivity contribution in [2.75, 3.05) is 33.6 Å². The molecule has 4 aromatic rings. The van der Waals surface area contributed by atoms with Crippen LogP contribution in [0.4, 0.5) is 13.2 Å². The predicted octanol–water partition coefficient (Wildman–Crippen LogP) is 4.34. The number of aromatic nitrogens is 3. The maximum atomic E-state index is 16.2. The molecule has 2 aliphatic heterocycles. The van der Waals surface area contributed by atoms with Gasteiger partial charge in [0.1, 0.15) is 35.6 Å². The largest absolute Gasteiger partial charge is 0.468 e. The van der Waals surface area contributed by atoms with E-state index in [-0.39, 0.29) is 52.5 Å². The number of rotatable bonds is 7. The average Bonchev–Trinajstić information content (AvgIpc) is 3.46. The van der Waals surface area contributed by atoms with E-state index >= 15 is 4.39 Å². The minimum Gasteiger partial charge on any atom is -0.468 e. The summed E-state index contributed by atoms with van der Waals surface area (Å²) in [6.07, 6.45) is 7.87. The molecule has 2 fully saturated rings. The molecule has 2 saturated heterocycles. The second-order valence-corrected chi connectivity index (χ2v) is 10.1. The summed E-state index contributed by atoms with van der Waals surface area (Å²) in [7, 11) is 1.45. The molecule has 6 rings (SSSR count). The molecule has 1 N–H and O–H groups in total. The Kier molecular flexibility index (Phi) is 6.60. The summed E-state index contributed by atoms with van der Waals surface area (Å²) >= 11 is 0. The van der Waals surface area contributed by atoms with Crippen LogP contribution in [0.3, 0.4) is 0 Å². The minimum absolute atomic E-state index is 0.0712. The number of H-pyrrole nitrogens is 1. The molecule has 4 heterocycles. The van der Waals surface area contributed by atoms with Gasteiger partial charge in [-0.05, 0) is 43.0 Å². The summed E-state index contributed by atoms with van der Waals surface area (Å²) in [5.74, 6) is 1.07. The van der Waals surface area contributed by atoms with Crippen molar-refractivity contribution in [3.8, 4) is 35.4 Å². The zero-order valence-electron chi connectivity index (χ0n) is 21.6. The second-order valence-electron chi connectivity index (χ2n) is 10.1. The number of ether oxygens (including phenoxy) is 3. The molecule has 0 unspecified atom stereocenters. The first-order valence-electron chi connectivity index (χ1n) is 12.8. The number of hydrogen-bond acceptors (Lipinski definition) is 7. The van der Waals surface area contributed by atoms with Crippen LogP contribution in [0.5, 0.6) is 11.8 Å². The van der Waals surface area contributed by atoms with Crippen molar-refractivity contribution >= 4 is 21.7 Å². The molecule has 0 saturated carbocycles. The number of alkyl halides is 1. The number of nitrogens with zero attached hydrogens (tertiary/aromatic N) is 3. The van der Waals surface area contributed by atoms with E-state index in [0.717, 1.165) is 19.4 Å². The normalized spacial score (nSPS) is 20.6. The Labute approximate surface area is 227 Å². The van der Waals surface area contributed by atoms with E-state index in [1.165, 1.54) is 31.5 Å². The van der Waals surface area contributed by atoms with Gasteiger partial charge in [0, 0.05) is 37.2 Å². The topological polar surface area (TPSA) is 89.6 Å². The zero-order valence-corrected chi connectivity index (χ0v) is 21.6.